The van der Waals surface area contributed by atoms with E-state index >= 15 is 0 Å². The number of nitrogens with one attached hydrogen (secondary N) is 2. The summed E-state index contributed by atoms with van der Waals surface area (Å²) in [4.78, 5) is 39.7. The molecule has 0 radical (unpaired) electrons. The van der Waals surface area contributed by atoms with Crippen molar-refractivity contribution in [1.82, 2.24) is 10.2 Å². The van der Waals surface area contributed by atoms with E-state index in [9.17, 15) is 19.5 Å². The number of hydrogen-bond donors (Lipinski definition) is 3. The second kappa shape index (κ2) is 11.7. The molecule has 0 aromatic heterocycles. The van der Waals surface area contributed by atoms with Gasteiger partial charge in [0.05, 0.1) is 7.11 Å². The van der Waals surface area contributed by atoms with Crippen molar-refractivity contribution in [2.75, 3.05) is 25.5 Å². The first-order chi connectivity index (χ1) is 16.1. The summed E-state index contributed by atoms with van der Waals surface area (Å²) in [5, 5.41) is 15.6. The molecule has 182 valence electrons. The highest BCUT2D eigenvalue weighted by atomic mass is 16.6. The quantitative estimate of drug-likeness (QED) is 0.483. The molecule has 9 heteroatoms. The SMILES string of the molecule is C=CCN(C(=O)CNC(=O)OC(C)(C)C)C(C(=O)Nc1ccc(OC)cc1)c1ccccc1O. The smallest absolute Gasteiger partial charge is 0.408 e. The fraction of sp³-hybridized carbons (Fsp3) is 0.320. The van der Waals surface area contributed by atoms with Gasteiger partial charge < -0.3 is 30.1 Å². The van der Waals surface area contributed by atoms with Gasteiger partial charge in [0.15, 0.2) is 0 Å². The third kappa shape index (κ3) is 7.54. The highest BCUT2D eigenvalue weighted by Crippen LogP contribution is 2.30. The van der Waals surface area contributed by atoms with Crippen LogP contribution in [0, 0.1) is 0 Å². The number of methoxy groups -OCH3 is 1. The number of carbonyl (C=O) groups excluding carboxylic acids is 3. The lowest BCUT2D eigenvalue weighted by molar-refractivity contribution is -0.137. The van der Waals surface area contributed by atoms with Gasteiger partial charge >= 0.3 is 6.09 Å². The summed E-state index contributed by atoms with van der Waals surface area (Å²) in [7, 11) is 1.53. The summed E-state index contributed by atoms with van der Waals surface area (Å²) in [6.07, 6.45) is 0.695. The van der Waals surface area contributed by atoms with Crippen molar-refractivity contribution < 1.29 is 29.0 Å². The number of phenolic OH excluding ortho intramolecular Hbond substituents is 1. The highest BCUT2D eigenvalue weighted by molar-refractivity contribution is 5.98. The number of rotatable bonds is 9. The average molecular weight is 470 g/mol. The Hall–Kier alpha value is -4.01. The minimum atomic E-state index is -1.20. The van der Waals surface area contributed by atoms with Crippen LogP contribution < -0.4 is 15.4 Å². The van der Waals surface area contributed by atoms with Gasteiger partial charge in [-0.3, -0.25) is 9.59 Å². The van der Waals surface area contributed by atoms with Crippen molar-refractivity contribution in [2.45, 2.75) is 32.4 Å². The predicted octanol–water partition coefficient (Wildman–Crippen LogP) is 3.62. The van der Waals surface area contributed by atoms with Crippen molar-refractivity contribution in [3.8, 4) is 11.5 Å². The number of amides is 3. The zero-order valence-electron chi connectivity index (χ0n) is 19.8. The Morgan fingerprint density at radius 3 is 2.32 bits per heavy atom. The van der Waals surface area contributed by atoms with Crippen LogP contribution in [0.25, 0.3) is 0 Å². The number of carbonyl (C=O) groups is 3. The molecule has 0 aliphatic heterocycles. The number of anilines is 1. The number of benzene rings is 2. The molecule has 0 heterocycles. The van der Waals surface area contributed by atoms with E-state index < -0.39 is 36.1 Å². The van der Waals surface area contributed by atoms with Crippen LogP contribution in [0.5, 0.6) is 11.5 Å². The fourth-order valence-electron chi connectivity index (χ4n) is 3.11. The maximum atomic E-state index is 13.4. The second-order valence-electron chi connectivity index (χ2n) is 8.37. The molecule has 34 heavy (non-hydrogen) atoms. The molecular formula is C25H31N3O6. The van der Waals surface area contributed by atoms with Gasteiger partial charge in [-0.15, -0.1) is 6.58 Å². The summed E-state index contributed by atoms with van der Waals surface area (Å²) in [5.41, 5.74) is -0.0324. The first-order valence-corrected chi connectivity index (χ1v) is 10.7. The van der Waals surface area contributed by atoms with Gasteiger partial charge in [-0.25, -0.2) is 4.79 Å². The van der Waals surface area contributed by atoms with Gasteiger partial charge in [0.1, 0.15) is 29.7 Å². The van der Waals surface area contributed by atoms with Crippen molar-refractivity contribution in [3.05, 3.63) is 66.7 Å². The lowest BCUT2D eigenvalue weighted by atomic mass is 10.0. The third-order valence-electron chi connectivity index (χ3n) is 4.58. The Balaban J connectivity index is 2.32. The lowest BCUT2D eigenvalue weighted by Gasteiger charge is -2.31. The lowest BCUT2D eigenvalue weighted by Crippen LogP contribution is -2.46. The van der Waals surface area contributed by atoms with Crippen LogP contribution in [0.15, 0.2) is 61.2 Å². The number of ether oxygens (including phenoxy) is 2. The van der Waals surface area contributed by atoms with Crippen LogP contribution >= 0.6 is 0 Å². The Kier molecular flexibility index (Phi) is 9.06. The number of hydrogen-bond acceptors (Lipinski definition) is 6. The van der Waals surface area contributed by atoms with Gasteiger partial charge in [0.2, 0.25) is 5.91 Å². The zero-order valence-corrected chi connectivity index (χ0v) is 19.8. The first kappa shape index (κ1) is 26.2. The van der Waals surface area contributed by atoms with E-state index in [2.05, 4.69) is 17.2 Å². The minimum absolute atomic E-state index is 0.0101. The number of nitrogens with zero attached hydrogens (tertiary/aromatic N) is 1. The van der Waals surface area contributed by atoms with Crippen LogP contribution in [0.2, 0.25) is 0 Å². The molecule has 9 nitrogen and oxygen atoms in total. The molecule has 0 saturated carbocycles. The average Bonchev–Trinajstić information content (AvgIpc) is 2.77. The van der Waals surface area contributed by atoms with Crippen LogP contribution in [-0.4, -0.2) is 53.7 Å². The molecule has 2 aromatic carbocycles. The van der Waals surface area contributed by atoms with E-state index in [1.54, 1.807) is 63.2 Å². The highest BCUT2D eigenvalue weighted by Gasteiger charge is 2.33. The number of aromatic hydroxyl groups is 1. The molecule has 0 bridgehead atoms. The van der Waals surface area contributed by atoms with Crippen LogP contribution in [0.4, 0.5) is 10.5 Å². The molecule has 0 saturated heterocycles. The first-order valence-electron chi connectivity index (χ1n) is 10.7. The molecule has 2 aromatic rings. The molecule has 0 spiro atoms. The summed E-state index contributed by atoms with van der Waals surface area (Å²) in [6.45, 7) is 8.36. The molecule has 0 aliphatic rings. The number of para-hydroxylation sites is 1. The zero-order chi connectivity index (χ0) is 25.3. The molecule has 0 aliphatic carbocycles. The molecular weight excluding hydrogens is 438 g/mol. The van der Waals surface area contributed by atoms with Crippen molar-refractivity contribution in [1.29, 1.82) is 0 Å². The topological polar surface area (TPSA) is 117 Å². The van der Waals surface area contributed by atoms with E-state index in [0.717, 1.165) is 0 Å². The Labute approximate surface area is 199 Å². The maximum Gasteiger partial charge on any atom is 0.408 e. The normalized spacial score (nSPS) is 11.6. The van der Waals surface area contributed by atoms with Crippen LogP contribution in [0.3, 0.4) is 0 Å². The Bertz CT molecular complexity index is 1010. The van der Waals surface area contributed by atoms with Crippen LogP contribution in [-0.2, 0) is 14.3 Å². The minimum Gasteiger partial charge on any atom is -0.508 e. The van der Waals surface area contributed by atoms with E-state index in [0.29, 0.717) is 11.4 Å². The maximum absolute atomic E-state index is 13.4. The molecule has 1 unspecified atom stereocenters. The van der Waals surface area contributed by atoms with Crippen molar-refractivity contribution >= 4 is 23.6 Å². The molecule has 3 amide bonds. The Morgan fingerprint density at radius 2 is 1.76 bits per heavy atom. The van der Waals surface area contributed by atoms with Crippen molar-refractivity contribution in [3.63, 3.8) is 0 Å². The van der Waals surface area contributed by atoms with E-state index in [1.807, 2.05) is 0 Å². The van der Waals surface area contributed by atoms with Gasteiger partial charge in [0.25, 0.3) is 5.91 Å². The summed E-state index contributed by atoms with van der Waals surface area (Å²) < 4.78 is 10.3. The van der Waals surface area contributed by atoms with E-state index in [4.69, 9.17) is 9.47 Å². The molecule has 1 atom stereocenters. The summed E-state index contributed by atoms with van der Waals surface area (Å²) in [5.74, 6) is -0.658. The largest absolute Gasteiger partial charge is 0.508 e. The molecule has 0 fully saturated rings. The summed E-state index contributed by atoms with van der Waals surface area (Å²) in [6, 6.07) is 11.7. The van der Waals surface area contributed by atoms with Gasteiger partial charge in [-0.1, -0.05) is 24.3 Å². The molecule has 3 N–H and O–H groups in total. The van der Waals surface area contributed by atoms with E-state index in [-0.39, 0.29) is 17.9 Å². The number of alkyl carbamates (subject to hydrolysis) is 1. The Morgan fingerprint density at radius 1 is 1.12 bits per heavy atom. The van der Waals surface area contributed by atoms with Crippen molar-refractivity contribution in [2.24, 2.45) is 0 Å². The number of phenols is 1. The predicted molar refractivity (Wildman–Crippen MR) is 129 cm³/mol. The summed E-state index contributed by atoms with van der Waals surface area (Å²) >= 11 is 0. The van der Waals surface area contributed by atoms with E-state index in [1.165, 1.54) is 24.2 Å². The standard InChI is InChI=1S/C25H31N3O6/c1-6-15-28(21(30)16-26-24(32)34-25(2,3)4)22(19-9-7-8-10-20(19)29)23(31)27-17-11-13-18(33-5)14-12-17/h6-14,22,29H,1,15-16H2,2-5H3,(H,26,32)(H,27,31). The monoisotopic (exact) mass is 469 g/mol. The third-order valence-corrected chi connectivity index (χ3v) is 4.58. The van der Waals surface area contributed by atoms with Gasteiger partial charge in [-0.2, -0.15) is 0 Å². The fourth-order valence-corrected chi connectivity index (χ4v) is 3.11. The second-order valence-corrected chi connectivity index (χ2v) is 8.37. The van der Waals surface area contributed by atoms with Gasteiger partial charge in [-0.05, 0) is 51.1 Å². The molecule has 2 rings (SSSR count). The van der Waals surface area contributed by atoms with Crippen LogP contribution in [0.1, 0.15) is 32.4 Å². The van der Waals surface area contributed by atoms with Gasteiger partial charge in [0, 0.05) is 17.8 Å².